The molecule has 0 unspecified atom stereocenters. The van der Waals surface area contributed by atoms with Crippen molar-refractivity contribution >= 4 is 64.9 Å². The molecule has 13 aromatic rings. The lowest BCUT2D eigenvalue weighted by molar-refractivity contribution is 0.599. The molecule has 10 aromatic carbocycles. The molecule has 0 fully saturated rings. The molecule has 0 aliphatic heterocycles. The van der Waals surface area contributed by atoms with E-state index in [4.69, 9.17) is 25.9 Å². The van der Waals surface area contributed by atoms with Gasteiger partial charge in [0.05, 0.1) is 49.6 Å². The Morgan fingerprint density at radius 1 is 0.354 bits per heavy atom. The van der Waals surface area contributed by atoms with Gasteiger partial charge in [0.1, 0.15) is 11.5 Å². The van der Waals surface area contributed by atoms with Gasteiger partial charge in [-0.15, -0.1) is 0 Å². The first-order valence-electron chi connectivity index (χ1n) is 32.2. The molecule has 0 N–H and O–H groups in total. The molecule has 0 atom stereocenters. The lowest BCUT2D eigenvalue weighted by Crippen LogP contribution is -1.91. The summed E-state index contributed by atoms with van der Waals surface area (Å²) in [6.07, 6.45) is 1.66. The van der Waals surface area contributed by atoms with Gasteiger partial charge in [0, 0.05) is 44.8 Å². The Morgan fingerprint density at radius 3 is 1.69 bits per heavy atom. The van der Waals surface area contributed by atoms with Crippen LogP contribution < -0.4 is 0 Å². The average molecular weight is 851 g/mol. The number of pyridine rings is 2. The second-order valence-corrected chi connectivity index (χ2v) is 15.0. The summed E-state index contributed by atoms with van der Waals surface area (Å²) in [5.41, 5.74) is -2.05. The average Bonchev–Trinajstić information content (AvgIpc) is 1.65. The Kier molecular flexibility index (Phi) is 4.67. The summed E-state index contributed by atoms with van der Waals surface area (Å²) in [4.78, 5) is 9.68. The highest BCUT2D eigenvalue weighted by Crippen LogP contribution is 2.52. The fourth-order valence-electron chi connectivity index (χ4n) is 8.53. The van der Waals surface area contributed by atoms with Crippen molar-refractivity contribution in [3.63, 3.8) is 0 Å². The van der Waals surface area contributed by atoms with Gasteiger partial charge in [-0.1, -0.05) is 206 Å². The minimum atomic E-state index is -1.02. The van der Waals surface area contributed by atoms with E-state index in [2.05, 4.69) is 4.98 Å². The third-order valence-electron chi connectivity index (χ3n) is 11.4. The normalized spacial score (nSPS) is 16.9. The summed E-state index contributed by atoms with van der Waals surface area (Å²) in [5.74, 6) is -1.71. The van der Waals surface area contributed by atoms with E-state index in [-0.39, 0.29) is 11.1 Å². The van der Waals surface area contributed by atoms with E-state index in [1.807, 2.05) is 36.4 Å². The molecule has 0 saturated carbocycles. The van der Waals surface area contributed by atoms with Crippen molar-refractivity contribution in [2.75, 3.05) is 0 Å². The molecule has 0 radical (unpaired) electrons. The van der Waals surface area contributed by atoms with Gasteiger partial charge in [0.15, 0.2) is 0 Å². The van der Waals surface area contributed by atoms with E-state index < -0.39 is 222 Å². The number of hydrogen-bond donors (Lipinski definition) is 0. The Hall–Kier alpha value is -8.66. The summed E-state index contributed by atoms with van der Waals surface area (Å²) in [5, 5.41) is -1.25. The molecule has 65 heavy (non-hydrogen) atoms. The van der Waals surface area contributed by atoms with E-state index in [1.54, 1.807) is 42.6 Å². The summed E-state index contributed by atoms with van der Waals surface area (Å²) >= 11 is 0. The lowest BCUT2D eigenvalue weighted by Gasteiger charge is -2.14. The summed E-state index contributed by atoms with van der Waals surface area (Å²) in [6, 6.07) is 1.29. The van der Waals surface area contributed by atoms with Crippen LogP contribution in [0.4, 0.5) is 0 Å². The first-order valence-corrected chi connectivity index (χ1v) is 20.2. The summed E-state index contributed by atoms with van der Waals surface area (Å²) < 4.78 is 230. The van der Waals surface area contributed by atoms with Crippen LogP contribution in [0.15, 0.2) is 234 Å². The predicted octanol–water partition coefficient (Wildman–Crippen LogP) is 17.0. The van der Waals surface area contributed by atoms with Crippen molar-refractivity contribution in [3.05, 3.63) is 230 Å². The zero-order valence-electron chi connectivity index (χ0n) is 57.4. The van der Waals surface area contributed by atoms with Crippen LogP contribution in [0.1, 0.15) is 32.9 Å². The fraction of sp³-hybridized carbons (Fsp3) is 0. The third-order valence-corrected chi connectivity index (χ3v) is 11.4. The molecule has 0 spiro atoms. The van der Waals surface area contributed by atoms with Crippen LogP contribution in [0.2, 0.25) is 0 Å². The smallest absolute Gasteiger partial charge is 0.143 e. The molecular formula is C62H38N2O. The highest BCUT2D eigenvalue weighted by atomic mass is 16.3. The first kappa shape index (κ1) is 20.2. The second kappa shape index (κ2) is 15.0. The van der Waals surface area contributed by atoms with Crippen LogP contribution >= 0.6 is 0 Å². The van der Waals surface area contributed by atoms with E-state index in [1.165, 1.54) is 0 Å². The maximum Gasteiger partial charge on any atom is 0.143 e. The van der Waals surface area contributed by atoms with Crippen LogP contribution in [0.5, 0.6) is 0 Å². The van der Waals surface area contributed by atoms with E-state index in [0.29, 0.717) is 33.1 Å². The molecule has 0 aliphatic rings. The lowest BCUT2D eigenvalue weighted by atomic mass is 9.86. The standard InChI is InChI=1S/C62H38N2O/c1-4-23-46-39(14-1)17-10-28-53(46)57-58(54-29-11-18-40-15-2-5-24-47(40)54)62(55-30-12-19-41-16-3-6-25-48(41)55)65-61(57)45-21-9-20-44(38-45)49-34-35-52(51-27-8-7-26-50(49)51)56-36-33-43-32-31-42-22-13-37-63-59(42)60(43)64-56/h1-38H/i1D,2D,3D,4D,5D,6D,9D,10D,11D,12D,14D,15D,16D,17D,18D,19D,20D,21D,23D,24D,25D,29D,30D,38D. The Labute approximate surface area is 409 Å². The first-order chi connectivity index (χ1) is 42.2. The van der Waals surface area contributed by atoms with Gasteiger partial charge in [-0.2, -0.15) is 0 Å². The van der Waals surface area contributed by atoms with Crippen molar-refractivity contribution in [1.82, 2.24) is 9.97 Å². The zero-order valence-corrected chi connectivity index (χ0v) is 33.4. The minimum Gasteiger partial charge on any atom is -0.455 e. The van der Waals surface area contributed by atoms with Crippen LogP contribution in [0.3, 0.4) is 0 Å². The summed E-state index contributed by atoms with van der Waals surface area (Å²) in [6.45, 7) is 0. The van der Waals surface area contributed by atoms with Gasteiger partial charge in [0.2, 0.25) is 0 Å². The van der Waals surface area contributed by atoms with Gasteiger partial charge in [-0.3, -0.25) is 4.98 Å². The number of benzene rings is 10. The van der Waals surface area contributed by atoms with Gasteiger partial charge in [-0.05, 0) is 83.5 Å². The number of fused-ring (bicyclic) bond motifs is 7. The monoisotopic (exact) mass is 850 g/mol. The zero-order chi connectivity index (χ0) is 63.7. The highest BCUT2D eigenvalue weighted by molar-refractivity contribution is 6.14. The Balaban J connectivity index is 1.27. The topological polar surface area (TPSA) is 38.9 Å². The van der Waals surface area contributed by atoms with Crippen LogP contribution in [-0.4, -0.2) is 9.97 Å². The number of hydrogen-bond acceptors (Lipinski definition) is 3. The molecule has 3 nitrogen and oxygen atoms in total. The second-order valence-electron chi connectivity index (χ2n) is 15.0. The Bertz CT molecular complexity index is 5440. The Morgan fingerprint density at radius 2 is 0.923 bits per heavy atom. The number of nitrogens with zero attached hydrogens (tertiary/aromatic N) is 2. The molecule has 3 aromatic heterocycles. The van der Waals surface area contributed by atoms with Gasteiger partial charge in [0.25, 0.3) is 0 Å². The molecule has 302 valence electrons. The number of furan rings is 1. The molecule has 3 heteroatoms. The van der Waals surface area contributed by atoms with Crippen molar-refractivity contribution < 1.29 is 37.3 Å². The molecule has 0 saturated heterocycles. The summed E-state index contributed by atoms with van der Waals surface area (Å²) in [7, 11) is 0. The largest absolute Gasteiger partial charge is 0.455 e. The highest BCUT2D eigenvalue weighted by Gasteiger charge is 2.28. The van der Waals surface area contributed by atoms with Crippen molar-refractivity contribution in [2.45, 2.75) is 0 Å². The van der Waals surface area contributed by atoms with Gasteiger partial charge in [-0.25, -0.2) is 4.98 Å². The fourth-order valence-corrected chi connectivity index (χ4v) is 8.53. The van der Waals surface area contributed by atoms with Crippen molar-refractivity contribution in [1.29, 1.82) is 0 Å². The quantitative estimate of drug-likeness (QED) is 0.156. The molecular weight excluding hydrogens is 789 g/mol. The van der Waals surface area contributed by atoms with Crippen molar-refractivity contribution in [2.24, 2.45) is 0 Å². The molecule has 13 rings (SSSR count). The maximum atomic E-state index is 10.4. The third kappa shape index (κ3) is 6.05. The number of rotatable bonds is 6. The molecule has 3 heterocycles. The predicted molar refractivity (Wildman–Crippen MR) is 272 cm³/mol. The van der Waals surface area contributed by atoms with Gasteiger partial charge >= 0.3 is 0 Å². The van der Waals surface area contributed by atoms with Gasteiger partial charge < -0.3 is 4.42 Å². The maximum absolute atomic E-state index is 10.4. The van der Waals surface area contributed by atoms with E-state index in [9.17, 15) is 16.4 Å². The SMILES string of the molecule is [2H]c1cc(-c2c(-c3c([2H])c([2H])c([2H])c(-c4ccc(-c5ccc6ccc7cccnc7c6n5)c5ccccc45)c3[2H])oc(-c3c([2H])c([2H])c([2H])c4c([2H])c([2H])c([2H])c([2H])c34)c2-c2c([2H])c([2H])c([2H])c3c([2H])c([2H])c([2H])c([2H])c23)c2c([2H])c([2H])c([2H])c([2H])c2c1[2H]. The molecule has 0 amide bonds. The number of aromatic nitrogens is 2. The minimum absolute atomic E-state index is 0.141. The van der Waals surface area contributed by atoms with Crippen molar-refractivity contribution in [3.8, 4) is 67.3 Å². The molecule has 0 aliphatic carbocycles. The molecule has 0 bridgehead atoms. The van der Waals surface area contributed by atoms with Crippen LogP contribution in [0, 0.1) is 0 Å². The van der Waals surface area contributed by atoms with E-state index >= 15 is 0 Å². The van der Waals surface area contributed by atoms with E-state index in [0.717, 1.165) is 16.8 Å². The van der Waals surface area contributed by atoms with Crippen LogP contribution in [0.25, 0.3) is 132 Å². The van der Waals surface area contributed by atoms with Crippen LogP contribution in [-0.2, 0) is 0 Å².